The fourth-order valence-corrected chi connectivity index (χ4v) is 4.07. The molecule has 0 spiro atoms. The van der Waals surface area contributed by atoms with E-state index >= 15 is 0 Å². The number of benzene rings is 1. The molecule has 2 heterocycles. The van der Waals surface area contributed by atoms with Crippen LogP contribution in [0.2, 0.25) is 0 Å². The zero-order chi connectivity index (χ0) is 18.8. The number of nitrogens with one attached hydrogen (secondary N) is 1. The minimum Gasteiger partial charge on any atom is -0.497 e. The molecule has 2 fully saturated rings. The smallest absolute Gasteiger partial charge is 0.134 e. The molecule has 4 rings (SSSR count). The fraction of sp³-hybridized carbons (Fsp3) is 0.500. The van der Waals surface area contributed by atoms with Crippen molar-refractivity contribution in [1.82, 2.24) is 9.97 Å². The molecule has 1 saturated heterocycles. The number of nitrogens with two attached hydrogens (primary N) is 1. The Hall–Kier alpha value is -2.38. The van der Waals surface area contributed by atoms with Crippen LogP contribution in [0.4, 0.5) is 11.6 Å². The van der Waals surface area contributed by atoms with Gasteiger partial charge in [-0.05, 0) is 42.9 Å². The second-order valence-corrected chi connectivity index (χ2v) is 7.48. The monoisotopic (exact) mass is 369 g/mol. The van der Waals surface area contributed by atoms with Gasteiger partial charge in [0.05, 0.1) is 13.2 Å². The summed E-state index contributed by atoms with van der Waals surface area (Å²) in [6.45, 7) is 1.08. The molecular formula is C20H27N5O2. The molecule has 7 heteroatoms. The molecule has 1 aliphatic carbocycles. The van der Waals surface area contributed by atoms with Gasteiger partial charge in [0.1, 0.15) is 23.7 Å². The molecule has 0 unspecified atom stereocenters. The lowest BCUT2D eigenvalue weighted by Crippen LogP contribution is -2.36. The Morgan fingerprint density at radius 1 is 1.22 bits per heavy atom. The summed E-state index contributed by atoms with van der Waals surface area (Å²) in [6, 6.07) is 10.8. The number of hydrogen-bond acceptors (Lipinski definition) is 7. The van der Waals surface area contributed by atoms with E-state index in [2.05, 4.69) is 32.3 Å². The summed E-state index contributed by atoms with van der Waals surface area (Å²) in [5, 5.41) is 13.4. The summed E-state index contributed by atoms with van der Waals surface area (Å²) in [4.78, 5) is 10.8. The highest BCUT2D eigenvalue weighted by Crippen LogP contribution is 2.39. The zero-order valence-electron chi connectivity index (χ0n) is 15.6. The van der Waals surface area contributed by atoms with Crippen LogP contribution in [0.25, 0.3) is 0 Å². The molecule has 0 amide bonds. The summed E-state index contributed by atoms with van der Waals surface area (Å²) in [6.07, 6.45) is 4.09. The Morgan fingerprint density at radius 2 is 2.00 bits per heavy atom. The Labute approximate surface area is 159 Å². The van der Waals surface area contributed by atoms with E-state index in [4.69, 9.17) is 10.5 Å². The van der Waals surface area contributed by atoms with Crippen molar-refractivity contribution in [3.63, 3.8) is 0 Å². The van der Waals surface area contributed by atoms with Gasteiger partial charge in [-0.25, -0.2) is 9.97 Å². The second-order valence-electron chi connectivity index (χ2n) is 7.48. The van der Waals surface area contributed by atoms with Crippen LogP contribution in [0, 0.1) is 0 Å². The topological polar surface area (TPSA) is 96.5 Å². The predicted molar refractivity (Wildman–Crippen MR) is 105 cm³/mol. The predicted octanol–water partition coefficient (Wildman–Crippen LogP) is 1.74. The van der Waals surface area contributed by atoms with Crippen molar-refractivity contribution in [2.75, 3.05) is 30.4 Å². The van der Waals surface area contributed by atoms with Crippen molar-refractivity contribution in [2.24, 2.45) is 5.73 Å². The van der Waals surface area contributed by atoms with Gasteiger partial charge in [0.25, 0.3) is 0 Å². The van der Waals surface area contributed by atoms with Gasteiger partial charge in [-0.1, -0.05) is 12.1 Å². The molecule has 2 aliphatic rings. The lowest BCUT2D eigenvalue weighted by molar-refractivity contribution is 0.194. The van der Waals surface area contributed by atoms with E-state index in [-0.39, 0.29) is 12.1 Å². The average molecular weight is 369 g/mol. The number of hydrogen-bond donors (Lipinski definition) is 3. The number of aromatic nitrogens is 2. The Morgan fingerprint density at radius 3 is 2.70 bits per heavy atom. The van der Waals surface area contributed by atoms with Crippen molar-refractivity contribution in [3.05, 3.63) is 42.2 Å². The second kappa shape index (κ2) is 7.70. The van der Waals surface area contributed by atoms with Crippen LogP contribution in [0.1, 0.15) is 30.7 Å². The number of anilines is 2. The SMILES string of the molecule is COc1ccc(C2CC(Nc3cc(N4C[C@H](O)C[C@@H]4CN)ncn3)C2)cc1. The maximum absolute atomic E-state index is 9.93. The Balaban J connectivity index is 1.35. The normalized spacial score (nSPS) is 27.3. The van der Waals surface area contributed by atoms with Crippen molar-refractivity contribution < 1.29 is 9.84 Å². The molecule has 1 saturated carbocycles. The van der Waals surface area contributed by atoms with Crippen LogP contribution in [0.3, 0.4) is 0 Å². The molecule has 144 valence electrons. The molecule has 0 radical (unpaired) electrons. The molecule has 2 atom stereocenters. The molecule has 2 aromatic rings. The number of aliphatic hydroxyl groups excluding tert-OH is 1. The van der Waals surface area contributed by atoms with Gasteiger partial charge in [-0.15, -0.1) is 0 Å². The number of ether oxygens (including phenoxy) is 1. The van der Waals surface area contributed by atoms with Crippen LogP contribution in [-0.2, 0) is 0 Å². The van der Waals surface area contributed by atoms with E-state index in [9.17, 15) is 5.11 Å². The lowest BCUT2D eigenvalue weighted by Gasteiger charge is -2.36. The average Bonchev–Trinajstić information content (AvgIpc) is 3.06. The maximum atomic E-state index is 9.93. The van der Waals surface area contributed by atoms with Crippen LogP contribution in [0.15, 0.2) is 36.7 Å². The van der Waals surface area contributed by atoms with Crippen LogP contribution in [-0.4, -0.2) is 53.5 Å². The van der Waals surface area contributed by atoms with Gasteiger partial charge in [-0.3, -0.25) is 0 Å². The summed E-state index contributed by atoms with van der Waals surface area (Å²) < 4.78 is 5.22. The lowest BCUT2D eigenvalue weighted by atomic mass is 9.76. The van der Waals surface area contributed by atoms with E-state index in [0.29, 0.717) is 31.5 Å². The molecule has 0 bridgehead atoms. The summed E-state index contributed by atoms with van der Waals surface area (Å²) in [5.74, 6) is 3.12. The van der Waals surface area contributed by atoms with Gasteiger partial charge in [0, 0.05) is 31.2 Å². The van der Waals surface area contributed by atoms with Crippen LogP contribution >= 0.6 is 0 Å². The number of rotatable bonds is 6. The van der Waals surface area contributed by atoms with Gasteiger partial charge in [-0.2, -0.15) is 0 Å². The van der Waals surface area contributed by atoms with Gasteiger partial charge in [0.15, 0.2) is 0 Å². The maximum Gasteiger partial charge on any atom is 0.134 e. The zero-order valence-corrected chi connectivity index (χ0v) is 15.6. The van der Waals surface area contributed by atoms with Crippen LogP contribution < -0.4 is 20.7 Å². The molecule has 1 aromatic carbocycles. The molecule has 27 heavy (non-hydrogen) atoms. The molecule has 1 aromatic heterocycles. The number of β-amino-alcohol motifs (C(OH)–C–C–N with tert-alkyl or cyclic N) is 1. The van der Waals surface area contributed by atoms with Crippen molar-refractivity contribution in [2.45, 2.75) is 43.4 Å². The molecule has 7 nitrogen and oxygen atoms in total. The third-order valence-corrected chi connectivity index (χ3v) is 5.69. The minimum atomic E-state index is -0.346. The summed E-state index contributed by atoms with van der Waals surface area (Å²) >= 11 is 0. The van der Waals surface area contributed by atoms with E-state index in [0.717, 1.165) is 30.2 Å². The number of methoxy groups -OCH3 is 1. The summed E-state index contributed by atoms with van der Waals surface area (Å²) in [5.41, 5.74) is 7.20. The summed E-state index contributed by atoms with van der Waals surface area (Å²) in [7, 11) is 1.69. The van der Waals surface area contributed by atoms with E-state index < -0.39 is 0 Å². The van der Waals surface area contributed by atoms with E-state index in [1.54, 1.807) is 13.4 Å². The van der Waals surface area contributed by atoms with Crippen molar-refractivity contribution in [1.29, 1.82) is 0 Å². The largest absolute Gasteiger partial charge is 0.497 e. The van der Waals surface area contributed by atoms with E-state index in [1.807, 2.05) is 18.2 Å². The minimum absolute atomic E-state index is 0.130. The Kier molecular flexibility index (Phi) is 5.13. The molecule has 4 N–H and O–H groups in total. The molecular weight excluding hydrogens is 342 g/mol. The van der Waals surface area contributed by atoms with Crippen LogP contribution in [0.5, 0.6) is 5.75 Å². The first-order valence-corrected chi connectivity index (χ1v) is 9.53. The molecule has 1 aliphatic heterocycles. The third-order valence-electron chi connectivity index (χ3n) is 5.69. The van der Waals surface area contributed by atoms with Crippen molar-refractivity contribution >= 4 is 11.6 Å². The highest BCUT2D eigenvalue weighted by molar-refractivity contribution is 5.51. The fourth-order valence-electron chi connectivity index (χ4n) is 4.07. The highest BCUT2D eigenvalue weighted by Gasteiger charge is 2.32. The number of nitrogens with zero attached hydrogens (tertiary/aromatic N) is 3. The van der Waals surface area contributed by atoms with Gasteiger partial charge >= 0.3 is 0 Å². The first-order chi connectivity index (χ1) is 13.2. The first kappa shape index (κ1) is 18.0. The third kappa shape index (κ3) is 3.84. The van der Waals surface area contributed by atoms with Crippen molar-refractivity contribution in [3.8, 4) is 5.75 Å². The first-order valence-electron chi connectivity index (χ1n) is 9.53. The van der Waals surface area contributed by atoms with Gasteiger partial charge in [0.2, 0.25) is 0 Å². The Bertz CT molecular complexity index is 763. The van der Waals surface area contributed by atoms with E-state index in [1.165, 1.54) is 5.56 Å². The number of aliphatic hydroxyl groups is 1. The van der Waals surface area contributed by atoms with Gasteiger partial charge < -0.3 is 25.8 Å². The standard InChI is InChI=1S/C20H27N5O2/c1-27-18-4-2-13(3-5-18)14-6-15(7-14)24-19-9-20(23-12-22-19)25-11-17(26)8-16(25)10-21/h2-5,9,12,14-17,26H,6-8,10-11,21H2,1H3,(H,22,23,24)/t14?,15?,16-,17-/m1/s1. The highest BCUT2D eigenvalue weighted by atomic mass is 16.5. The quantitative estimate of drug-likeness (QED) is 0.714.